The number of benzene rings is 2. The number of hydrogen-bond donors (Lipinski definition) is 1. The van der Waals surface area contributed by atoms with Crippen LogP contribution in [0.5, 0.6) is 0 Å². The Kier molecular flexibility index (Phi) is 4.10. The van der Waals surface area contributed by atoms with Crippen molar-refractivity contribution in [1.82, 2.24) is 15.1 Å². The van der Waals surface area contributed by atoms with Crippen molar-refractivity contribution in [3.63, 3.8) is 0 Å². The Morgan fingerprint density at radius 3 is 3.08 bits per heavy atom. The number of likely N-dealkylation sites (tertiary alicyclic amines) is 1. The van der Waals surface area contributed by atoms with Crippen molar-refractivity contribution in [2.24, 2.45) is 5.92 Å². The van der Waals surface area contributed by atoms with Gasteiger partial charge in [-0.05, 0) is 72.5 Å². The Bertz CT molecular complexity index is 953. The Morgan fingerprint density at radius 2 is 2.08 bits per heavy atom. The fourth-order valence-corrected chi connectivity index (χ4v) is 4.58. The van der Waals surface area contributed by atoms with Crippen LogP contribution in [-0.4, -0.2) is 28.2 Å². The summed E-state index contributed by atoms with van der Waals surface area (Å²) in [6.07, 6.45) is 11.4. The van der Waals surface area contributed by atoms with E-state index in [1.165, 1.54) is 60.0 Å². The molecule has 2 heterocycles. The van der Waals surface area contributed by atoms with Crippen LogP contribution < -0.4 is 0 Å². The van der Waals surface area contributed by atoms with E-state index >= 15 is 0 Å². The monoisotopic (exact) mass is 343 g/mol. The van der Waals surface area contributed by atoms with Crippen LogP contribution in [0.1, 0.15) is 35.1 Å². The van der Waals surface area contributed by atoms with Gasteiger partial charge in [-0.2, -0.15) is 5.10 Å². The second-order valence-electron chi connectivity index (χ2n) is 7.88. The van der Waals surface area contributed by atoms with E-state index in [-0.39, 0.29) is 0 Å². The predicted octanol–water partition coefficient (Wildman–Crippen LogP) is 4.59. The molecule has 1 atom stereocenters. The van der Waals surface area contributed by atoms with Gasteiger partial charge >= 0.3 is 0 Å². The van der Waals surface area contributed by atoms with Gasteiger partial charge in [0.1, 0.15) is 0 Å². The number of H-pyrrole nitrogens is 1. The average molecular weight is 343 g/mol. The lowest BCUT2D eigenvalue weighted by Gasteiger charge is -2.33. The molecule has 0 unspecified atom stereocenters. The number of rotatable bonds is 4. The fourth-order valence-electron chi connectivity index (χ4n) is 4.58. The largest absolute Gasteiger partial charge is 0.299 e. The van der Waals surface area contributed by atoms with Crippen molar-refractivity contribution >= 4 is 17.0 Å². The molecule has 0 spiro atoms. The summed E-state index contributed by atoms with van der Waals surface area (Å²) in [5.74, 6) is 0.754. The molecule has 1 fully saturated rings. The molecule has 1 aliphatic heterocycles. The van der Waals surface area contributed by atoms with E-state index in [9.17, 15) is 0 Å². The Morgan fingerprint density at radius 1 is 1.12 bits per heavy atom. The number of allylic oxidation sites excluding steroid dienone is 1. The molecule has 3 heteroatoms. The maximum absolute atomic E-state index is 4.14. The lowest BCUT2D eigenvalue weighted by Crippen LogP contribution is -2.35. The number of nitrogens with one attached hydrogen (secondary N) is 1. The van der Waals surface area contributed by atoms with Crippen molar-refractivity contribution in [3.8, 4) is 0 Å². The third kappa shape index (κ3) is 3.19. The van der Waals surface area contributed by atoms with Crippen molar-refractivity contribution in [2.75, 3.05) is 13.1 Å². The van der Waals surface area contributed by atoms with Gasteiger partial charge in [-0.1, -0.05) is 36.4 Å². The minimum Gasteiger partial charge on any atom is -0.299 e. The second kappa shape index (κ2) is 6.73. The van der Waals surface area contributed by atoms with E-state index in [4.69, 9.17) is 0 Å². The maximum atomic E-state index is 4.14. The molecule has 132 valence electrons. The van der Waals surface area contributed by atoms with Gasteiger partial charge in [0.25, 0.3) is 0 Å². The van der Waals surface area contributed by atoms with Crippen LogP contribution in [0.15, 0.2) is 48.7 Å². The van der Waals surface area contributed by atoms with Gasteiger partial charge in [0.15, 0.2) is 0 Å². The van der Waals surface area contributed by atoms with Crippen molar-refractivity contribution in [2.45, 2.75) is 32.2 Å². The maximum Gasteiger partial charge on any atom is 0.0650 e. The average Bonchev–Trinajstić information content (AvgIpc) is 3.30. The summed E-state index contributed by atoms with van der Waals surface area (Å²) in [6, 6.07) is 13.7. The van der Waals surface area contributed by atoms with E-state index < -0.39 is 0 Å². The van der Waals surface area contributed by atoms with Crippen LogP contribution in [0.4, 0.5) is 0 Å². The zero-order valence-corrected chi connectivity index (χ0v) is 15.1. The summed E-state index contributed by atoms with van der Waals surface area (Å²) in [7, 11) is 0. The molecule has 3 aromatic rings. The van der Waals surface area contributed by atoms with Gasteiger partial charge in [-0.25, -0.2) is 0 Å². The van der Waals surface area contributed by atoms with Crippen molar-refractivity contribution < 1.29 is 0 Å². The normalized spacial score (nSPS) is 19.9. The SMILES string of the molecule is C1=Cc2ccc(CN3CCC[C@H](Cc4ccc5[nH]ncc5c4)C3)cc2C1. The Labute approximate surface area is 154 Å². The van der Waals surface area contributed by atoms with Gasteiger partial charge < -0.3 is 0 Å². The molecule has 1 aliphatic carbocycles. The topological polar surface area (TPSA) is 31.9 Å². The molecule has 26 heavy (non-hydrogen) atoms. The van der Waals surface area contributed by atoms with E-state index in [0.717, 1.165) is 24.4 Å². The van der Waals surface area contributed by atoms with Gasteiger partial charge in [0.2, 0.25) is 0 Å². The third-order valence-electron chi connectivity index (χ3n) is 5.88. The summed E-state index contributed by atoms with van der Waals surface area (Å²) in [5, 5.41) is 8.40. The Balaban J connectivity index is 1.24. The zero-order chi connectivity index (χ0) is 17.3. The quantitative estimate of drug-likeness (QED) is 0.751. The highest BCUT2D eigenvalue weighted by Crippen LogP contribution is 2.25. The molecular formula is C23H25N3. The van der Waals surface area contributed by atoms with Crippen LogP contribution >= 0.6 is 0 Å². The molecule has 2 aromatic carbocycles. The first kappa shape index (κ1) is 15.8. The highest BCUT2D eigenvalue weighted by molar-refractivity contribution is 5.78. The highest BCUT2D eigenvalue weighted by atomic mass is 15.1. The van der Waals surface area contributed by atoms with Crippen LogP contribution in [0.3, 0.4) is 0 Å². The lowest BCUT2D eigenvalue weighted by molar-refractivity contribution is 0.167. The van der Waals surface area contributed by atoms with E-state index in [1.54, 1.807) is 0 Å². The highest BCUT2D eigenvalue weighted by Gasteiger charge is 2.21. The molecule has 0 bridgehead atoms. The molecule has 2 aliphatic rings. The van der Waals surface area contributed by atoms with Gasteiger partial charge in [-0.15, -0.1) is 0 Å². The first-order valence-corrected chi connectivity index (χ1v) is 9.76. The summed E-state index contributed by atoms with van der Waals surface area (Å²) in [5.41, 5.74) is 6.93. The minimum absolute atomic E-state index is 0.754. The van der Waals surface area contributed by atoms with Gasteiger partial charge in [0, 0.05) is 18.5 Å². The number of nitrogens with zero attached hydrogens (tertiary/aromatic N) is 2. The van der Waals surface area contributed by atoms with Crippen LogP contribution in [-0.2, 0) is 19.4 Å². The molecule has 1 N–H and O–H groups in total. The number of hydrogen-bond acceptors (Lipinski definition) is 2. The standard InChI is InChI=1S/C23H25N3/c1-4-20-8-6-19(13-21(20)5-1)16-26-10-2-3-18(15-26)11-17-7-9-23-22(12-17)14-24-25-23/h1,4,6-9,12-14,18H,2-3,5,10-11,15-16H2,(H,24,25)/t18-/m1/s1. The number of aromatic amines is 1. The summed E-state index contributed by atoms with van der Waals surface area (Å²) in [4.78, 5) is 2.65. The molecule has 1 saturated heterocycles. The molecular weight excluding hydrogens is 318 g/mol. The first-order chi connectivity index (χ1) is 12.8. The smallest absolute Gasteiger partial charge is 0.0650 e. The fraction of sp³-hybridized carbons (Fsp3) is 0.348. The number of aromatic nitrogens is 2. The van der Waals surface area contributed by atoms with Crippen molar-refractivity contribution in [3.05, 3.63) is 70.9 Å². The van der Waals surface area contributed by atoms with E-state index in [1.807, 2.05) is 6.20 Å². The zero-order valence-electron chi connectivity index (χ0n) is 15.1. The van der Waals surface area contributed by atoms with Gasteiger partial charge in [0.05, 0.1) is 11.7 Å². The predicted molar refractivity (Wildman–Crippen MR) is 107 cm³/mol. The van der Waals surface area contributed by atoms with Crippen LogP contribution in [0.2, 0.25) is 0 Å². The number of fused-ring (bicyclic) bond motifs is 2. The Hall–Kier alpha value is -2.39. The van der Waals surface area contributed by atoms with Gasteiger partial charge in [-0.3, -0.25) is 10.00 Å². The van der Waals surface area contributed by atoms with Crippen molar-refractivity contribution in [1.29, 1.82) is 0 Å². The molecule has 0 saturated carbocycles. The molecule has 0 radical (unpaired) electrons. The number of piperidine rings is 1. The summed E-state index contributed by atoms with van der Waals surface area (Å²) in [6.45, 7) is 3.52. The molecule has 3 nitrogen and oxygen atoms in total. The lowest BCUT2D eigenvalue weighted by atomic mass is 9.90. The molecule has 0 amide bonds. The van der Waals surface area contributed by atoms with E-state index in [2.05, 4.69) is 63.6 Å². The third-order valence-corrected chi connectivity index (χ3v) is 5.88. The first-order valence-electron chi connectivity index (χ1n) is 9.76. The van der Waals surface area contributed by atoms with Crippen LogP contribution in [0, 0.1) is 5.92 Å². The van der Waals surface area contributed by atoms with Crippen LogP contribution in [0.25, 0.3) is 17.0 Å². The minimum atomic E-state index is 0.754. The second-order valence-corrected chi connectivity index (χ2v) is 7.88. The summed E-state index contributed by atoms with van der Waals surface area (Å²) < 4.78 is 0. The van der Waals surface area contributed by atoms with E-state index in [0.29, 0.717) is 0 Å². The molecule has 1 aromatic heterocycles. The summed E-state index contributed by atoms with van der Waals surface area (Å²) >= 11 is 0. The molecule has 5 rings (SSSR count).